The van der Waals surface area contributed by atoms with E-state index in [-0.39, 0.29) is 18.1 Å². The van der Waals surface area contributed by atoms with E-state index < -0.39 is 30.1 Å². The lowest BCUT2D eigenvalue weighted by molar-refractivity contribution is -0.118. The summed E-state index contributed by atoms with van der Waals surface area (Å²) >= 11 is 6.98. The van der Waals surface area contributed by atoms with Crippen LogP contribution in [0.3, 0.4) is 0 Å². The van der Waals surface area contributed by atoms with Gasteiger partial charge in [-0.3, -0.25) is 14.6 Å². The van der Waals surface area contributed by atoms with Crippen LogP contribution in [-0.4, -0.2) is 52.6 Å². The number of thioether (sulfide) groups is 1. The highest BCUT2D eigenvalue weighted by Crippen LogP contribution is 2.26. The van der Waals surface area contributed by atoms with Gasteiger partial charge in [-0.25, -0.2) is 23.0 Å². The number of carbonyl (C=O) groups is 1. The molecule has 0 unspecified atom stereocenters. The number of nitrogens with zero attached hydrogens (tertiary/aromatic N) is 7. The fourth-order valence-electron chi connectivity index (χ4n) is 3.43. The molecule has 0 aliphatic rings. The van der Waals surface area contributed by atoms with Crippen molar-refractivity contribution in [1.82, 2.24) is 40.2 Å². The van der Waals surface area contributed by atoms with Crippen LogP contribution in [-0.2, 0) is 17.9 Å². The molecule has 0 aliphatic carbocycles. The third-order valence-corrected chi connectivity index (χ3v) is 6.42. The molecule has 0 aliphatic heterocycles. The summed E-state index contributed by atoms with van der Waals surface area (Å²) in [4.78, 5) is 12.3. The van der Waals surface area contributed by atoms with Gasteiger partial charge in [0.05, 0.1) is 23.9 Å². The van der Waals surface area contributed by atoms with Crippen molar-refractivity contribution in [2.24, 2.45) is 5.10 Å². The van der Waals surface area contributed by atoms with E-state index in [1.54, 1.807) is 29.8 Å². The summed E-state index contributed by atoms with van der Waals surface area (Å²) in [7, 11) is 0. The van der Waals surface area contributed by atoms with Crippen molar-refractivity contribution < 1.29 is 22.4 Å². The van der Waals surface area contributed by atoms with Crippen LogP contribution in [0.15, 0.2) is 46.8 Å². The summed E-state index contributed by atoms with van der Waals surface area (Å²) in [6.07, 6.45) is -2.97. The zero-order valence-corrected chi connectivity index (χ0v) is 21.2. The van der Waals surface area contributed by atoms with Crippen LogP contribution in [0.25, 0.3) is 11.3 Å². The molecular formula is C22H20ClF4N9OS. The lowest BCUT2D eigenvalue weighted by Crippen LogP contribution is -2.20. The van der Waals surface area contributed by atoms with Gasteiger partial charge in [0, 0.05) is 22.7 Å². The number of amides is 1. The van der Waals surface area contributed by atoms with E-state index >= 15 is 0 Å². The predicted molar refractivity (Wildman–Crippen MR) is 132 cm³/mol. The summed E-state index contributed by atoms with van der Waals surface area (Å²) in [5, 5.41) is 23.3. The normalized spacial score (nSPS) is 11.8. The number of nitrogens with one attached hydrogen (secondary N) is 2. The number of hydrazone groups is 1. The molecule has 16 heteroatoms. The van der Waals surface area contributed by atoms with Gasteiger partial charge in [-0.05, 0) is 25.1 Å². The minimum atomic E-state index is -2.99. The maximum Gasteiger partial charge on any atom is 0.282 e. The van der Waals surface area contributed by atoms with E-state index in [0.29, 0.717) is 34.0 Å². The van der Waals surface area contributed by atoms with E-state index in [9.17, 15) is 22.4 Å². The molecule has 1 aromatic carbocycles. The number of hydrogen-bond donors (Lipinski definition) is 2. The van der Waals surface area contributed by atoms with Crippen molar-refractivity contribution in [1.29, 1.82) is 0 Å². The van der Waals surface area contributed by atoms with E-state index in [4.69, 9.17) is 11.6 Å². The molecule has 2 N–H and O–H groups in total. The topological polar surface area (TPSA) is 119 Å². The van der Waals surface area contributed by atoms with Gasteiger partial charge in [0.2, 0.25) is 0 Å². The number of carbonyl (C=O) groups excluding carboxylic acids is 1. The van der Waals surface area contributed by atoms with E-state index in [2.05, 4.69) is 36.0 Å². The number of benzene rings is 1. The second-order valence-corrected chi connectivity index (χ2v) is 9.06. The van der Waals surface area contributed by atoms with Crippen LogP contribution in [0.4, 0.5) is 17.6 Å². The molecule has 3 heterocycles. The fourth-order valence-corrected chi connectivity index (χ4v) is 4.37. The Bertz CT molecular complexity index is 1420. The largest absolute Gasteiger partial charge is 0.305 e. The first-order valence-corrected chi connectivity index (χ1v) is 12.4. The average molecular weight is 570 g/mol. The molecule has 200 valence electrons. The summed E-state index contributed by atoms with van der Waals surface area (Å²) in [5.74, 6) is -0.262. The molecule has 0 fully saturated rings. The molecule has 0 spiro atoms. The quantitative estimate of drug-likeness (QED) is 0.117. The highest BCUT2D eigenvalue weighted by atomic mass is 35.5. The third kappa shape index (κ3) is 6.39. The lowest BCUT2D eigenvalue weighted by atomic mass is 10.1. The van der Waals surface area contributed by atoms with Gasteiger partial charge in [0.1, 0.15) is 17.9 Å². The molecule has 38 heavy (non-hydrogen) atoms. The zero-order chi connectivity index (χ0) is 27.2. The molecule has 0 saturated heterocycles. The van der Waals surface area contributed by atoms with Gasteiger partial charge in [0.25, 0.3) is 18.8 Å². The molecule has 0 bridgehead atoms. The number of rotatable bonds is 11. The predicted octanol–water partition coefficient (Wildman–Crippen LogP) is 4.70. The first-order chi connectivity index (χ1) is 18.3. The number of aromatic amines is 1. The van der Waals surface area contributed by atoms with E-state index in [1.807, 2.05) is 12.1 Å². The van der Waals surface area contributed by atoms with Crippen molar-refractivity contribution in [2.45, 2.75) is 38.0 Å². The van der Waals surface area contributed by atoms with Crippen LogP contribution in [0.5, 0.6) is 0 Å². The van der Waals surface area contributed by atoms with Crippen molar-refractivity contribution in [3.05, 3.63) is 64.3 Å². The average Bonchev–Trinajstić information content (AvgIpc) is 3.62. The SMILES string of the molecule is CCn1c(Cn2nc(C(F)F)cc2C(F)F)nnc1SCC(=O)NN=Cc1cn[nH]c1-c1ccc(Cl)cc1. The second-order valence-electron chi connectivity index (χ2n) is 7.69. The Morgan fingerprint density at radius 3 is 2.66 bits per heavy atom. The number of H-pyrrole nitrogens is 1. The molecule has 0 atom stereocenters. The van der Waals surface area contributed by atoms with Crippen molar-refractivity contribution in [3.8, 4) is 11.3 Å². The minimum Gasteiger partial charge on any atom is -0.305 e. The molecular weight excluding hydrogens is 550 g/mol. The van der Waals surface area contributed by atoms with Crippen molar-refractivity contribution in [3.63, 3.8) is 0 Å². The number of aromatic nitrogens is 7. The lowest BCUT2D eigenvalue weighted by Gasteiger charge is -2.09. The number of alkyl halides is 4. The molecule has 0 radical (unpaired) electrons. The van der Waals surface area contributed by atoms with Gasteiger partial charge >= 0.3 is 0 Å². The third-order valence-electron chi connectivity index (χ3n) is 5.20. The van der Waals surface area contributed by atoms with Crippen LogP contribution >= 0.6 is 23.4 Å². The molecule has 3 aromatic heterocycles. The summed E-state index contributed by atoms with van der Waals surface area (Å²) in [5.41, 5.74) is 3.21. The van der Waals surface area contributed by atoms with Crippen LogP contribution in [0.2, 0.25) is 5.02 Å². The maximum absolute atomic E-state index is 13.3. The minimum absolute atomic E-state index is 0.0650. The zero-order valence-electron chi connectivity index (χ0n) is 19.7. The van der Waals surface area contributed by atoms with Gasteiger partial charge in [0.15, 0.2) is 11.0 Å². The summed E-state index contributed by atoms with van der Waals surface area (Å²) < 4.78 is 54.9. The highest BCUT2D eigenvalue weighted by Gasteiger charge is 2.23. The molecule has 10 nitrogen and oxygen atoms in total. The highest BCUT2D eigenvalue weighted by molar-refractivity contribution is 7.99. The van der Waals surface area contributed by atoms with Gasteiger partial charge in [-0.15, -0.1) is 10.2 Å². The Balaban J connectivity index is 1.37. The molecule has 0 saturated carbocycles. The first-order valence-electron chi connectivity index (χ1n) is 11.1. The Kier molecular flexibility index (Phi) is 8.78. The summed E-state index contributed by atoms with van der Waals surface area (Å²) in [6.45, 7) is 1.84. The molecule has 4 aromatic rings. The van der Waals surface area contributed by atoms with Gasteiger partial charge in [-0.2, -0.15) is 15.3 Å². The Morgan fingerprint density at radius 1 is 1.21 bits per heavy atom. The Hall–Kier alpha value is -3.72. The fraction of sp³-hybridized carbons (Fsp3) is 0.273. The van der Waals surface area contributed by atoms with Gasteiger partial charge in [-0.1, -0.05) is 35.5 Å². The first kappa shape index (κ1) is 27.3. The smallest absolute Gasteiger partial charge is 0.282 e. The Labute approximate surface area is 222 Å². The van der Waals surface area contributed by atoms with E-state index in [1.165, 1.54) is 6.21 Å². The van der Waals surface area contributed by atoms with Crippen LogP contribution < -0.4 is 5.43 Å². The van der Waals surface area contributed by atoms with E-state index in [0.717, 1.165) is 22.0 Å². The number of halogens is 5. The van der Waals surface area contributed by atoms with Crippen LogP contribution in [0.1, 0.15) is 42.6 Å². The number of hydrogen-bond acceptors (Lipinski definition) is 7. The monoisotopic (exact) mass is 569 g/mol. The molecule has 1 amide bonds. The van der Waals surface area contributed by atoms with Crippen LogP contribution in [0, 0.1) is 0 Å². The summed E-state index contributed by atoms with van der Waals surface area (Å²) in [6, 6.07) is 7.79. The van der Waals surface area contributed by atoms with Crippen molar-refractivity contribution >= 4 is 35.5 Å². The van der Waals surface area contributed by atoms with Gasteiger partial charge < -0.3 is 4.57 Å². The second kappa shape index (κ2) is 12.2. The standard InChI is InChI=1S/C22H20ClF4N9OS/c1-2-35-17(10-36-16(21(26)27)7-15(34-36)20(24)25)30-33-22(35)38-11-18(37)31-28-8-13-9-29-32-19(13)12-3-5-14(23)6-4-12/h3-9,20-21H,2,10-11H2,1H3,(H,29,32)(H,31,37). The van der Waals surface area contributed by atoms with Crippen molar-refractivity contribution in [2.75, 3.05) is 5.75 Å². The molecule has 4 rings (SSSR count). The Morgan fingerprint density at radius 2 is 1.97 bits per heavy atom. The maximum atomic E-state index is 13.3.